The van der Waals surface area contributed by atoms with Crippen molar-refractivity contribution in [1.29, 1.82) is 0 Å². The number of carbonyl (C=O) groups excluding carboxylic acids is 1. The maximum atomic E-state index is 12.2. The Kier molecular flexibility index (Phi) is 4.77. The predicted molar refractivity (Wildman–Crippen MR) is 84.2 cm³/mol. The smallest absolute Gasteiger partial charge is 0.252 e. The van der Waals surface area contributed by atoms with Gasteiger partial charge in [-0.15, -0.1) is 0 Å². The van der Waals surface area contributed by atoms with Crippen molar-refractivity contribution in [3.8, 4) is 0 Å². The first-order valence-corrected chi connectivity index (χ1v) is 7.47. The van der Waals surface area contributed by atoms with Gasteiger partial charge in [-0.05, 0) is 52.7 Å². The molecular weight excluding hydrogens is 370 g/mol. The highest BCUT2D eigenvalue weighted by atomic mass is 79.9. The van der Waals surface area contributed by atoms with Gasteiger partial charge in [0.15, 0.2) is 0 Å². The molecule has 0 aromatic heterocycles. The Bertz CT molecular complexity index is 598. The molecule has 0 radical (unpaired) electrons. The number of hydrogen-bond donors (Lipinski definition) is 1. The summed E-state index contributed by atoms with van der Waals surface area (Å²) >= 11 is 6.82. The normalized spacial score (nSPS) is 11.9. The van der Waals surface area contributed by atoms with Crippen LogP contribution in [0.25, 0.3) is 0 Å². The van der Waals surface area contributed by atoms with Crippen LogP contribution in [0, 0.1) is 0 Å². The van der Waals surface area contributed by atoms with Gasteiger partial charge < -0.3 is 5.32 Å². The van der Waals surface area contributed by atoms with Crippen LogP contribution in [-0.2, 0) is 0 Å². The van der Waals surface area contributed by atoms with Gasteiger partial charge in [-0.3, -0.25) is 4.79 Å². The monoisotopic (exact) mass is 381 g/mol. The number of rotatable bonds is 3. The van der Waals surface area contributed by atoms with E-state index in [1.165, 1.54) is 0 Å². The van der Waals surface area contributed by atoms with Crippen molar-refractivity contribution in [1.82, 2.24) is 5.32 Å². The zero-order valence-electron chi connectivity index (χ0n) is 10.4. The fourth-order valence-electron chi connectivity index (χ4n) is 1.78. The van der Waals surface area contributed by atoms with Crippen molar-refractivity contribution in [2.24, 2.45) is 0 Å². The van der Waals surface area contributed by atoms with E-state index in [0.717, 1.165) is 14.5 Å². The van der Waals surface area contributed by atoms with Crippen molar-refractivity contribution in [3.05, 3.63) is 68.6 Å². The highest BCUT2D eigenvalue weighted by Gasteiger charge is 2.13. The summed E-state index contributed by atoms with van der Waals surface area (Å²) in [7, 11) is 0. The third-order valence-electron chi connectivity index (χ3n) is 2.81. The van der Waals surface area contributed by atoms with E-state index in [-0.39, 0.29) is 11.9 Å². The first-order valence-electron chi connectivity index (χ1n) is 5.89. The van der Waals surface area contributed by atoms with Crippen LogP contribution in [0.4, 0.5) is 0 Å². The van der Waals surface area contributed by atoms with Gasteiger partial charge in [0, 0.05) is 8.95 Å². The summed E-state index contributed by atoms with van der Waals surface area (Å²) in [5, 5.41) is 2.99. The molecule has 0 aliphatic carbocycles. The lowest BCUT2D eigenvalue weighted by atomic mass is 10.1. The molecule has 1 unspecified atom stereocenters. The second-order valence-electron chi connectivity index (χ2n) is 4.23. The molecule has 0 aliphatic heterocycles. The summed E-state index contributed by atoms with van der Waals surface area (Å²) in [4.78, 5) is 12.2. The molecule has 19 heavy (non-hydrogen) atoms. The van der Waals surface area contributed by atoms with E-state index in [4.69, 9.17) is 0 Å². The summed E-state index contributed by atoms with van der Waals surface area (Å²) in [5.41, 5.74) is 1.71. The van der Waals surface area contributed by atoms with Crippen molar-refractivity contribution in [2.45, 2.75) is 13.0 Å². The molecule has 2 rings (SSSR count). The predicted octanol–water partition coefficient (Wildman–Crippen LogP) is 4.70. The number of halogens is 2. The van der Waals surface area contributed by atoms with Crippen LogP contribution < -0.4 is 5.32 Å². The molecular formula is C15H13Br2NO. The lowest BCUT2D eigenvalue weighted by molar-refractivity contribution is 0.0939. The summed E-state index contributed by atoms with van der Waals surface area (Å²) < 4.78 is 1.81. The molecule has 0 spiro atoms. The molecule has 2 nitrogen and oxygen atoms in total. The zero-order valence-corrected chi connectivity index (χ0v) is 13.5. The van der Waals surface area contributed by atoms with Crippen molar-refractivity contribution >= 4 is 37.8 Å². The molecule has 0 heterocycles. The molecule has 0 saturated carbocycles. The average Bonchev–Trinajstić information content (AvgIpc) is 2.39. The van der Waals surface area contributed by atoms with Crippen LogP contribution >= 0.6 is 31.9 Å². The van der Waals surface area contributed by atoms with E-state index >= 15 is 0 Å². The third-order valence-corrected chi connectivity index (χ3v) is 4.00. The first-order chi connectivity index (χ1) is 9.08. The Hall–Kier alpha value is -1.13. The lowest BCUT2D eigenvalue weighted by Gasteiger charge is -2.15. The van der Waals surface area contributed by atoms with Crippen LogP contribution in [0.2, 0.25) is 0 Å². The van der Waals surface area contributed by atoms with Crippen LogP contribution in [0.1, 0.15) is 28.9 Å². The van der Waals surface area contributed by atoms with Gasteiger partial charge in [-0.1, -0.05) is 40.2 Å². The molecule has 1 atom stereocenters. The molecule has 0 fully saturated rings. The van der Waals surface area contributed by atoms with E-state index in [9.17, 15) is 4.79 Å². The van der Waals surface area contributed by atoms with Gasteiger partial charge in [0.1, 0.15) is 0 Å². The molecule has 1 N–H and O–H groups in total. The quantitative estimate of drug-likeness (QED) is 0.818. The average molecular weight is 383 g/mol. The Morgan fingerprint density at radius 2 is 1.84 bits per heavy atom. The second kappa shape index (κ2) is 6.35. The fourth-order valence-corrected chi connectivity index (χ4v) is 2.66. The minimum atomic E-state index is -0.0834. The van der Waals surface area contributed by atoms with E-state index < -0.39 is 0 Å². The maximum absolute atomic E-state index is 12.2. The molecule has 98 valence electrons. The Morgan fingerprint density at radius 1 is 1.11 bits per heavy atom. The highest BCUT2D eigenvalue weighted by Crippen LogP contribution is 2.20. The van der Waals surface area contributed by atoms with Gasteiger partial charge in [0.25, 0.3) is 5.91 Å². The minimum Gasteiger partial charge on any atom is -0.345 e. The lowest BCUT2D eigenvalue weighted by Crippen LogP contribution is -2.26. The molecule has 0 bridgehead atoms. The number of amides is 1. The van der Waals surface area contributed by atoms with E-state index in [2.05, 4.69) is 37.2 Å². The molecule has 2 aromatic carbocycles. The summed E-state index contributed by atoms with van der Waals surface area (Å²) in [6.07, 6.45) is 0. The summed E-state index contributed by atoms with van der Waals surface area (Å²) in [6.45, 7) is 1.97. The molecule has 0 aliphatic rings. The number of nitrogens with one attached hydrogen (secondary N) is 1. The molecule has 0 saturated heterocycles. The van der Waals surface area contributed by atoms with Gasteiger partial charge >= 0.3 is 0 Å². The van der Waals surface area contributed by atoms with Crippen molar-refractivity contribution in [2.75, 3.05) is 0 Å². The van der Waals surface area contributed by atoms with Gasteiger partial charge in [0.2, 0.25) is 0 Å². The van der Waals surface area contributed by atoms with Gasteiger partial charge in [0.05, 0.1) is 11.6 Å². The first kappa shape index (κ1) is 14.3. The van der Waals surface area contributed by atoms with E-state index in [1.807, 2.05) is 49.4 Å². The van der Waals surface area contributed by atoms with Crippen LogP contribution in [0.3, 0.4) is 0 Å². The van der Waals surface area contributed by atoms with Gasteiger partial charge in [-0.2, -0.15) is 0 Å². The number of benzene rings is 2. The Labute approximate surface area is 129 Å². The fraction of sp³-hybridized carbons (Fsp3) is 0.133. The number of carbonyl (C=O) groups is 1. The van der Waals surface area contributed by atoms with E-state index in [1.54, 1.807) is 6.07 Å². The molecule has 2 aromatic rings. The van der Waals surface area contributed by atoms with Crippen LogP contribution in [-0.4, -0.2) is 5.91 Å². The van der Waals surface area contributed by atoms with Crippen molar-refractivity contribution in [3.63, 3.8) is 0 Å². The SMILES string of the molecule is CC(NC(=O)c1ccccc1Br)c1cccc(Br)c1. The maximum Gasteiger partial charge on any atom is 0.252 e. The Morgan fingerprint density at radius 3 is 2.53 bits per heavy atom. The standard InChI is InChI=1S/C15H13Br2NO/c1-10(11-5-4-6-12(16)9-11)18-15(19)13-7-2-3-8-14(13)17/h2-10H,1H3,(H,18,19). The molecule has 4 heteroatoms. The van der Waals surface area contributed by atoms with Crippen LogP contribution in [0.5, 0.6) is 0 Å². The third kappa shape index (κ3) is 3.67. The summed E-state index contributed by atoms with van der Waals surface area (Å²) in [5.74, 6) is -0.0834. The summed E-state index contributed by atoms with van der Waals surface area (Å²) in [6, 6.07) is 15.3. The number of hydrogen-bond acceptors (Lipinski definition) is 1. The minimum absolute atomic E-state index is 0.0443. The molecule has 1 amide bonds. The second-order valence-corrected chi connectivity index (χ2v) is 6.00. The Balaban J connectivity index is 2.13. The van der Waals surface area contributed by atoms with E-state index in [0.29, 0.717) is 5.56 Å². The zero-order chi connectivity index (χ0) is 13.8. The van der Waals surface area contributed by atoms with Crippen molar-refractivity contribution < 1.29 is 4.79 Å². The highest BCUT2D eigenvalue weighted by molar-refractivity contribution is 9.10. The topological polar surface area (TPSA) is 29.1 Å². The van der Waals surface area contributed by atoms with Gasteiger partial charge in [-0.25, -0.2) is 0 Å². The largest absolute Gasteiger partial charge is 0.345 e. The van der Waals surface area contributed by atoms with Crippen LogP contribution in [0.15, 0.2) is 57.5 Å².